The standard InChI is InChI=1S/C18H25N3O2/c1-12-8-13(2)10-16(9-12)21-14(3)11-17(19-21)18(23)20(5)7-6-15(4)22/h8-11,15,22H,6-7H2,1-5H3. The third-order valence-electron chi connectivity index (χ3n) is 3.79. The molecule has 0 fully saturated rings. The van der Waals surface area contributed by atoms with Crippen LogP contribution >= 0.6 is 0 Å². The van der Waals surface area contributed by atoms with E-state index in [1.807, 2.05) is 20.8 Å². The fraction of sp³-hybridized carbons (Fsp3) is 0.444. The average Bonchev–Trinajstić information content (AvgIpc) is 2.84. The Morgan fingerprint density at radius 1 is 1.22 bits per heavy atom. The third-order valence-corrected chi connectivity index (χ3v) is 3.79. The summed E-state index contributed by atoms with van der Waals surface area (Å²) in [5.41, 5.74) is 4.64. The summed E-state index contributed by atoms with van der Waals surface area (Å²) in [4.78, 5) is 14.1. The molecular weight excluding hydrogens is 290 g/mol. The first-order valence-electron chi connectivity index (χ1n) is 7.87. The van der Waals surface area contributed by atoms with Crippen LogP contribution in [0.5, 0.6) is 0 Å². The number of benzene rings is 1. The Hall–Kier alpha value is -2.14. The molecule has 0 bridgehead atoms. The second kappa shape index (κ2) is 6.96. The second-order valence-corrected chi connectivity index (χ2v) is 6.29. The predicted octanol–water partition coefficient (Wildman–Crippen LogP) is 2.64. The van der Waals surface area contributed by atoms with E-state index in [2.05, 4.69) is 23.3 Å². The van der Waals surface area contributed by atoms with Gasteiger partial charge in [-0.25, -0.2) is 4.68 Å². The van der Waals surface area contributed by atoms with Crippen molar-refractivity contribution in [2.45, 2.75) is 40.2 Å². The molecule has 2 aromatic rings. The molecular formula is C18H25N3O2. The Balaban J connectivity index is 2.25. The number of nitrogens with zero attached hydrogens (tertiary/aromatic N) is 3. The fourth-order valence-electron chi connectivity index (χ4n) is 2.59. The van der Waals surface area contributed by atoms with Crippen LogP contribution in [0.4, 0.5) is 0 Å². The molecule has 1 amide bonds. The maximum absolute atomic E-state index is 12.5. The summed E-state index contributed by atoms with van der Waals surface area (Å²) < 4.78 is 1.80. The molecule has 23 heavy (non-hydrogen) atoms. The van der Waals surface area contributed by atoms with Crippen molar-refractivity contribution in [3.05, 3.63) is 46.8 Å². The monoisotopic (exact) mass is 315 g/mol. The maximum atomic E-state index is 12.5. The molecule has 1 aromatic carbocycles. The lowest BCUT2D eigenvalue weighted by atomic mass is 10.1. The number of hydrogen-bond acceptors (Lipinski definition) is 3. The van der Waals surface area contributed by atoms with E-state index >= 15 is 0 Å². The molecule has 1 atom stereocenters. The molecule has 1 N–H and O–H groups in total. The number of carbonyl (C=O) groups excluding carboxylic acids is 1. The lowest BCUT2D eigenvalue weighted by Gasteiger charge is -2.16. The van der Waals surface area contributed by atoms with Gasteiger partial charge in [0.05, 0.1) is 11.8 Å². The molecule has 1 aromatic heterocycles. The van der Waals surface area contributed by atoms with Gasteiger partial charge in [-0.3, -0.25) is 4.79 Å². The van der Waals surface area contributed by atoms with E-state index < -0.39 is 6.10 Å². The second-order valence-electron chi connectivity index (χ2n) is 6.29. The van der Waals surface area contributed by atoms with E-state index in [1.54, 1.807) is 29.6 Å². The van der Waals surface area contributed by atoms with E-state index in [0.29, 0.717) is 18.7 Å². The Kier molecular flexibility index (Phi) is 5.21. The summed E-state index contributed by atoms with van der Waals surface area (Å²) in [6.07, 6.45) is 0.138. The lowest BCUT2D eigenvalue weighted by molar-refractivity contribution is 0.0763. The number of aryl methyl sites for hydroxylation is 3. The molecule has 0 saturated heterocycles. The van der Waals surface area contributed by atoms with Gasteiger partial charge in [0.2, 0.25) is 0 Å². The van der Waals surface area contributed by atoms with Gasteiger partial charge in [0.15, 0.2) is 5.69 Å². The highest BCUT2D eigenvalue weighted by Gasteiger charge is 2.17. The molecule has 2 rings (SSSR count). The fourth-order valence-corrected chi connectivity index (χ4v) is 2.59. The van der Waals surface area contributed by atoms with Crippen molar-refractivity contribution in [1.82, 2.24) is 14.7 Å². The van der Waals surface area contributed by atoms with Gasteiger partial charge in [0.25, 0.3) is 5.91 Å². The first-order valence-corrected chi connectivity index (χ1v) is 7.87. The summed E-state index contributed by atoms with van der Waals surface area (Å²) in [5, 5.41) is 13.8. The Bertz CT molecular complexity index is 684. The van der Waals surface area contributed by atoms with E-state index in [0.717, 1.165) is 22.5 Å². The Morgan fingerprint density at radius 3 is 2.39 bits per heavy atom. The number of hydrogen-bond donors (Lipinski definition) is 1. The highest BCUT2D eigenvalue weighted by atomic mass is 16.3. The van der Waals surface area contributed by atoms with Gasteiger partial charge in [0.1, 0.15) is 0 Å². The summed E-state index contributed by atoms with van der Waals surface area (Å²) in [5.74, 6) is -0.128. The zero-order valence-electron chi connectivity index (χ0n) is 14.5. The molecule has 0 aliphatic heterocycles. The summed E-state index contributed by atoms with van der Waals surface area (Å²) in [6, 6.07) is 8.02. The number of carbonyl (C=O) groups is 1. The summed E-state index contributed by atoms with van der Waals surface area (Å²) in [6.45, 7) is 8.26. The largest absolute Gasteiger partial charge is 0.393 e. The van der Waals surface area contributed by atoms with E-state index in [9.17, 15) is 9.90 Å². The summed E-state index contributed by atoms with van der Waals surface area (Å²) in [7, 11) is 1.73. The molecule has 0 saturated carbocycles. The SMILES string of the molecule is Cc1cc(C)cc(-n2nc(C(=O)N(C)CCC(C)O)cc2C)c1. The molecule has 1 heterocycles. The van der Waals surface area contributed by atoms with Crippen molar-refractivity contribution in [2.75, 3.05) is 13.6 Å². The third kappa shape index (κ3) is 4.20. The van der Waals surface area contributed by atoms with Crippen molar-refractivity contribution in [3.63, 3.8) is 0 Å². The zero-order chi connectivity index (χ0) is 17.1. The molecule has 0 aliphatic rings. The Morgan fingerprint density at radius 2 is 1.83 bits per heavy atom. The number of aromatic nitrogens is 2. The molecule has 5 heteroatoms. The first kappa shape index (κ1) is 17.2. The van der Waals surface area contributed by atoms with Gasteiger partial charge < -0.3 is 10.0 Å². The first-order chi connectivity index (χ1) is 10.8. The number of aliphatic hydroxyl groups excluding tert-OH is 1. The van der Waals surface area contributed by atoms with Crippen LogP contribution in [-0.4, -0.2) is 45.4 Å². The predicted molar refractivity (Wildman–Crippen MR) is 91.0 cm³/mol. The van der Waals surface area contributed by atoms with Gasteiger partial charge in [-0.05, 0) is 63.4 Å². The molecule has 124 valence electrons. The summed E-state index contributed by atoms with van der Waals surface area (Å²) >= 11 is 0. The molecule has 5 nitrogen and oxygen atoms in total. The van der Waals surface area contributed by atoms with Gasteiger partial charge in [-0.1, -0.05) is 6.07 Å². The zero-order valence-corrected chi connectivity index (χ0v) is 14.5. The smallest absolute Gasteiger partial charge is 0.274 e. The van der Waals surface area contributed by atoms with Crippen LogP contribution in [0.3, 0.4) is 0 Å². The van der Waals surface area contributed by atoms with Gasteiger partial charge >= 0.3 is 0 Å². The quantitative estimate of drug-likeness (QED) is 0.923. The van der Waals surface area contributed by atoms with Gasteiger partial charge in [-0.15, -0.1) is 0 Å². The number of aliphatic hydroxyl groups is 1. The number of rotatable bonds is 5. The van der Waals surface area contributed by atoms with Gasteiger partial charge in [-0.2, -0.15) is 5.10 Å². The van der Waals surface area contributed by atoms with Crippen molar-refractivity contribution in [2.24, 2.45) is 0 Å². The van der Waals surface area contributed by atoms with Crippen LogP contribution in [0.1, 0.15) is 40.7 Å². The van der Waals surface area contributed by atoms with Crippen LogP contribution in [0.25, 0.3) is 5.69 Å². The normalized spacial score (nSPS) is 12.3. The van der Waals surface area contributed by atoms with E-state index in [1.165, 1.54) is 0 Å². The minimum absolute atomic E-state index is 0.128. The Labute approximate surface area is 137 Å². The molecule has 0 aliphatic carbocycles. The van der Waals surface area contributed by atoms with Crippen LogP contribution < -0.4 is 0 Å². The van der Waals surface area contributed by atoms with Crippen molar-refractivity contribution in [3.8, 4) is 5.69 Å². The molecule has 0 spiro atoms. The molecule has 1 unspecified atom stereocenters. The van der Waals surface area contributed by atoms with Crippen LogP contribution in [-0.2, 0) is 0 Å². The minimum Gasteiger partial charge on any atom is -0.393 e. The minimum atomic E-state index is -0.417. The van der Waals surface area contributed by atoms with Crippen molar-refractivity contribution >= 4 is 5.91 Å². The van der Waals surface area contributed by atoms with Crippen LogP contribution in [0.15, 0.2) is 24.3 Å². The van der Waals surface area contributed by atoms with Crippen LogP contribution in [0.2, 0.25) is 0 Å². The van der Waals surface area contributed by atoms with Crippen LogP contribution in [0, 0.1) is 20.8 Å². The maximum Gasteiger partial charge on any atom is 0.274 e. The van der Waals surface area contributed by atoms with E-state index in [-0.39, 0.29) is 5.91 Å². The topological polar surface area (TPSA) is 58.4 Å². The highest BCUT2D eigenvalue weighted by molar-refractivity contribution is 5.92. The van der Waals surface area contributed by atoms with Crippen molar-refractivity contribution in [1.29, 1.82) is 0 Å². The van der Waals surface area contributed by atoms with Gasteiger partial charge in [0, 0.05) is 19.3 Å². The average molecular weight is 315 g/mol. The molecule has 0 radical (unpaired) electrons. The van der Waals surface area contributed by atoms with E-state index in [4.69, 9.17) is 0 Å². The lowest BCUT2D eigenvalue weighted by Crippen LogP contribution is -2.29. The highest BCUT2D eigenvalue weighted by Crippen LogP contribution is 2.17. The number of amides is 1. The van der Waals surface area contributed by atoms with Crippen molar-refractivity contribution < 1.29 is 9.90 Å².